The standard InChI is InChI=1S/C26H38F3N5O3S2/c1-24(2,3)37-23(35)33-9-10-36-19(15-33)14-32-7-5-18(6-8-32)31-20-11-17(26(27,28)29)13-34-21(12-30-22(20)34)25(4,39)16-38/h11-13,18-19,31,38-39H,5-10,14-16H2,1-4H3. The second-order valence-electron chi connectivity index (χ2n) is 11.5. The lowest BCUT2D eigenvalue weighted by atomic mass is 10.0. The van der Waals surface area contributed by atoms with Crippen LogP contribution < -0.4 is 5.32 Å². The zero-order valence-electron chi connectivity index (χ0n) is 22.8. The van der Waals surface area contributed by atoms with Crippen molar-refractivity contribution in [3.63, 3.8) is 0 Å². The van der Waals surface area contributed by atoms with Gasteiger partial charge >= 0.3 is 12.3 Å². The third-order valence-electron chi connectivity index (χ3n) is 6.99. The van der Waals surface area contributed by atoms with Gasteiger partial charge in [0.1, 0.15) is 5.60 Å². The number of aromatic nitrogens is 2. The number of ether oxygens (including phenoxy) is 2. The number of piperidine rings is 1. The van der Waals surface area contributed by atoms with Crippen LogP contribution in [0.4, 0.5) is 23.7 Å². The number of thiol groups is 2. The number of alkyl halides is 3. The number of rotatable bonds is 6. The van der Waals surface area contributed by atoms with Gasteiger partial charge in [0, 0.05) is 44.2 Å². The summed E-state index contributed by atoms with van der Waals surface area (Å²) < 4.78 is 53.5. The van der Waals surface area contributed by atoms with E-state index in [0.717, 1.165) is 38.2 Å². The Morgan fingerprint density at radius 1 is 1.21 bits per heavy atom. The predicted octanol–water partition coefficient (Wildman–Crippen LogP) is 4.94. The van der Waals surface area contributed by atoms with E-state index in [-0.39, 0.29) is 18.2 Å². The molecular weight excluding hydrogens is 551 g/mol. The summed E-state index contributed by atoms with van der Waals surface area (Å²) in [7, 11) is 0. The first-order chi connectivity index (χ1) is 18.2. The molecule has 2 aromatic heterocycles. The molecule has 8 nitrogen and oxygen atoms in total. The predicted molar refractivity (Wildman–Crippen MR) is 151 cm³/mol. The normalized spacial score (nSPS) is 21.7. The van der Waals surface area contributed by atoms with E-state index in [1.807, 2.05) is 20.8 Å². The van der Waals surface area contributed by atoms with Crippen molar-refractivity contribution in [2.24, 2.45) is 0 Å². The molecule has 4 heterocycles. The smallest absolute Gasteiger partial charge is 0.417 e. The minimum atomic E-state index is -4.50. The Labute approximate surface area is 238 Å². The van der Waals surface area contributed by atoms with Gasteiger partial charge in [-0.05, 0) is 46.6 Å². The maximum Gasteiger partial charge on any atom is 0.417 e. The number of halogens is 3. The van der Waals surface area contributed by atoms with Gasteiger partial charge < -0.3 is 29.0 Å². The van der Waals surface area contributed by atoms with E-state index in [9.17, 15) is 18.0 Å². The lowest BCUT2D eigenvalue weighted by molar-refractivity contribution is -0.137. The Morgan fingerprint density at radius 3 is 2.51 bits per heavy atom. The molecule has 2 saturated heterocycles. The van der Waals surface area contributed by atoms with Gasteiger partial charge in [0.05, 0.1) is 47.1 Å². The van der Waals surface area contributed by atoms with Crippen LogP contribution in [0.2, 0.25) is 0 Å². The average Bonchev–Trinajstić information content (AvgIpc) is 3.29. The molecule has 13 heteroatoms. The van der Waals surface area contributed by atoms with Crippen LogP contribution in [-0.2, 0) is 20.4 Å². The van der Waals surface area contributed by atoms with E-state index in [1.165, 1.54) is 4.40 Å². The summed E-state index contributed by atoms with van der Waals surface area (Å²) in [6.45, 7) is 10.9. The first-order valence-electron chi connectivity index (χ1n) is 13.2. The van der Waals surface area contributed by atoms with Crippen molar-refractivity contribution in [1.29, 1.82) is 0 Å². The van der Waals surface area contributed by atoms with E-state index in [0.29, 0.717) is 49.0 Å². The number of anilines is 1. The second-order valence-corrected chi connectivity index (χ2v) is 12.9. The number of likely N-dealkylation sites (tertiary alicyclic amines) is 1. The summed E-state index contributed by atoms with van der Waals surface area (Å²) >= 11 is 8.93. The van der Waals surface area contributed by atoms with E-state index in [2.05, 4.69) is 40.5 Å². The van der Waals surface area contributed by atoms with Crippen molar-refractivity contribution in [3.05, 3.63) is 29.7 Å². The van der Waals surface area contributed by atoms with Gasteiger partial charge in [0.15, 0.2) is 5.65 Å². The topological polar surface area (TPSA) is 71.3 Å². The lowest BCUT2D eigenvalue weighted by Gasteiger charge is -2.38. The molecule has 2 fully saturated rings. The van der Waals surface area contributed by atoms with Crippen LogP contribution in [0.5, 0.6) is 0 Å². The van der Waals surface area contributed by atoms with Crippen LogP contribution in [0.15, 0.2) is 18.5 Å². The third kappa shape index (κ3) is 7.47. The number of nitrogens with zero attached hydrogens (tertiary/aromatic N) is 4. The first kappa shape index (κ1) is 30.1. The summed E-state index contributed by atoms with van der Waals surface area (Å²) in [4.78, 5) is 20.9. The van der Waals surface area contributed by atoms with Crippen LogP contribution in [0.3, 0.4) is 0 Å². The molecule has 2 aliphatic heterocycles. The second kappa shape index (κ2) is 11.6. The molecular formula is C26H38F3N5O3S2. The van der Waals surface area contributed by atoms with E-state index in [1.54, 1.807) is 18.0 Å². The van der Waals surface area contributed by atoms with Gasteiger partial charge in [0.25, 0.3) is 0 Å². The highest BCUT2D eigenvalue weighted by Gasteiger charge is 2.35. The molecule has 0 aromatic carbocycles. The summed E-state index contributed by atoms with van der Waals surface area (Å²) in [5.41, 5.74) is 0.0259. The SMILES string of the molecule is CC(C)(C)OC(=O)N1CCOC(CN2CCC(Nc3cc(C(F)(F)F)cn4c(C(C)(S)CS)cnc34)CC2)C1. The Kier molecular flexibility index (Phi) is 8.94. The van der Waals surface area contributed by atoms with Gasteiger partial charge in [-0.1, -0.05) is 0 Å². The molecule has 0 radical (unpaired) electrons. The molecule has 2 atom stereocenters. The molecule has 0 spiro atoms. The average molecular weight is 590 g/mol. The first-order valence-corrected chi connectivity index (χ1v) is 14.2. The molecule has 2 aromatic rings. The van der Waals surface area contributed by atoms with Crippen LogP contribution in [0.1, 0.15) is 51.8 Å². The molecule has 218 valence electrons. The number of hydrogen-bond acceptors (Lipinski definition) is 8. The van der Waals surface area contributed by atoms with Crippen LogP contribution in [-0.4, -0.2) is 88.1 Å². The number of imidazole rings is 1. The van der Waals surface area contributed by atoms with Crippen molar-refractivity contribution in [3.8, 4) is 0 Å². The van der Waals surface area contributed by atoms with Crippen LogP contribution in [0.25, 0.3) is 5.65 Å². The summed E-state index contributed by atoms with van der Waals surface area (Å²) in [5, 5.41) is 3.33. The monoisotopic (exact) mass is 589 g/mol. The molecule has 0 aliphatic carbocycles. The molecule has 39 heavy (non-hydrogen) atoms. The summed E-state index contributed by atoms with van der Waals surface area (Å²) in [6.07, 6.45) is -0.814. The van der Waals surface area contributed by atoms with E-state index in [4.69, 9.17) is 9.47 Å². The van der Waals surface area contributed by atoms with E-state index < -0.39 is 22.1 Å². The number of carbonyl (C=O) groups is 1. The number of morpholine rings is 1. The Morgan fingerprint density at radius 2 is 1.90 bits per heavy atom. The Bertz CT molecular complexity index is 1160. The zero-order valence-corrected chi connectivity index (χ0v) is 24.6. The minimum Gasteiger partial charge on any atom is -0.444 e. The lowest BCUT2D eigenvalue weighted by Crippen LogP contribution is -2.52. The van der Waals surface area contributed by atoms with Crippen LogP contribution >= 0.6 is 25.3 Å². The molecule has 2 unspecified atom stereocenters. The highest BCUT2D eigenvalue weighted by Crippen LogP contribution is 2.36. The van der Waals surface area contributed by atoms with Gasteiger partial charge in [0.2, 0.25) is 0 Å². The van der Waals surface area contributed by atoms with Gasteiger partial charge in [-0.3, -0.25) is 0 Å². The fourth-order valence-corrected chi connectivity index (χ4v) is 5.25. The number of fused-ring (bicyclic) bond motifs is 1. The summed E-state index contributed by atoms with van der Waals surface area (Å²) in [5.74, 6) is 0.335. The zero-order chi connectivity index (χ0) is 28.6. The fourth-order valence-electron chi connectivity index (χ4n) is 4.92. The molecule has 4 rings (SSSR count). The summed E-state index contributed by atoms with van der Waals surface area (Å²) in [6, 6.07) is 1.13. The van der Waals surface area contributed by atoms with Crippen molar-refractivity contribution in [1.82, 2.24) is 19.2 Å². The number of carbonyl (C=O) groups excluding carboxylic acids is 1. The number of nitrogens with one attached hydrogen (secondary N) is 1. The molecule has 1 N–H and O–H groups in total. The minimum absolute atomic E-state index is 0.00789. The molecule has 0 saturated carbocycles. The molecule has 2 aliphatic rings. The van der Waals surface area contributed by atoms with Gasteiger partial charge in [-0.25, -0.2) is 9.78 Å². The number of pyridine rings is 1. The van der Waals surface area contributed by atoms with Crippen LogP contribution in [0, 0.1) is 0 Å². The quantitative estimate of drug-likeness (QED) is 0.415. The molecule has 1 amide bonds. The number of amides is 1. The van der Waals surface area contributed by atoms with Crippen molar-refractivity contribution in [2.75, 3.05) is 50.4 Å². The van der Waals surface area contributed by atoms with Crippen molar-refractivity contribution >= 4 is 42.7 Å². The maximum absolute atomic E-state index is 13.8. The van der Waals surface area contributed by atoms with Gasteiger partial charge in [-0.15, -0.1) is 0 Å². The highest BCUT2D eigenvalue weighted by molar-refractivity contribution is 7.85. The maximum atomic E-state index is 13.8. The van der Waals surface area contributed by atoms with E-state index >= 15 is 0 Å². The molecule has 0 bridgehead atoms. The Hall–Kier alpha value is -1.83. The van der Waals surface area contributed by atoms with Crippen molar-refractivity contribution < 1.29 is 27.4 Å². The number of hydrogen-bond donors (Lipinski definition) is 3. The Balaban J connectivity index is 1.40. The van der Waals surface area contributed by atoms with Crippen molar-refractivity contribution in [2.45, 2.75) is 69.2 Å². The highest BCUT2D eigenvalue weighted by atomic mass is 32.1. The van der Waals surface area contributed by atoms with Gasteiger partial charge in [-0.2, -0.15) is 38.4 Å². The largest absolute Gasteiger partial charge is 0.444 e. The fraction of sp³-hybridized carbons (Fsp3) is 0.692. The third-order valence-corrected chi connectivity index (χ3v) is 8.26.